The van der Waals surface area contributed by atoms with Gasteiger partial charge in [-0.05, 0) is 284 Å². The molecule has 148 heavy (non-hydrogen) atoms. The van der Waals surface area contributed by atoms with Crippen molar-refractivity contribution < 1.29 is 87.3 Å². The number of benzene rings is 10. The number of nitro benzene ring substituents is 2. The van der Waals surface area contributed by atoms with Crippen molar-refractivity contribution in [3.05, 3.63) is 366 Å². The zero-order chi connectivity index (χ0) is 110. The summed E-state index contributed by atoms with van der Waals surface area (Å²) in [5.74, 6) is -11.0. The number of fused-ring (bicyclic) bond motifs is 2. The fourth-order valence-electron chi connectivity index (χ4n) is 13.7. The number of aliphatic hydroxyl groups is 3. The lowest BCUT2D eigenvalue weighted by molar-refractivity contribution is -0.385. The first-order chi connectivity index (χ1) is 68.3. The number of aromatic hydroxyl groups is 5. The van der Waals surface area contributed by atoms with Gasteiger partial charge in [0.05, 0.1) is 35.8 Å². The van der Waals surface area contributed by atoms with Crippen LogP contribution < -0.4 is 73.2 Å². The molecule has 0 amide bonds. The summed E-state index contributed by atoms with van der Waals surface area (Å²) in [4.78, 5) is 41.4. The molecule has 2 heterocycles. The van der Waals surface area contributed by atoms with E-state index in [1.54, 1.807) is 61.1 Å². The molecule has 2 aromatic heterocycles. The van der Waals surface area contributed by atoms with E-state index in [0.717, 1.165) is 70.3 Å². The molecule has 12 aromatic rings. The van der Waals surface area contributed by atoms with Crippen LogP contribution in [0.3, 0.4) is 0 Å². The molecule has 13 rings (SSSR count). The Morgan fingerprint density at radius 3 is 1.46 bits per heavy atom. The third-order valence-electron chi connectivity index (χ3n) is 21.0. The van der Waals surface area contributed by atoms with Crippen LogP contribution in [0.1, 0.15) is 175 Å². The lowest BCUT2D eigenvalue weighted by Gasteiger charge is -2.22. The van der Waals surface area contributed by atoms with Crippen molar-refractivity contribution in [1.29, 1.82) is 0 Å². The molecule has 0 saturated heterocycles. The van der Waals surface area contributed by atoms with E-state index in [9.17, 15) is 67.1 Å². The number of halogens is 7. The molecule has 812 valence electrons. The van der Waals surface area contributed by atoms with Crippen LogP contribution in [0.5, 0.6) is 34.5 Å². The van der Waals surface area contributed by atoms with Crippen molar-refractivity contribution in [1.82, 2.24) is 4.57 Å². The number of hydrogen-bond donors (Lipinski definition) is 20. The number of hydrogen-bond acceptors (Lipinski definition) is 27. The van der Waals surface area contributed by atoms with Crippen LogP contribution in [-0.4, -0.2) is 139 Å². The minimum atomic E-state index is -2.15. The van der Waals surface area contributed by atoms with Gasteiger partial charge in [0, 0.05) is 129 Å². The smallest absolute Gasteiger partial charge is 0.324 e. The SMILES string of the molecule is CC(C)(N)Cc1ccc(Cl)cc1.CC(N)C(O)c1ccc([N+](=O)[O-])cc1.CC(N)CC1=CCc2ccc(Br)cc21.CC(N)Cc1c(F)c(F)c(F)c(F)c1F.CC(N)Cc1ccc(CO)cc1.CC(N)Cc1ccc(O)c([N+](=O)[O-])c1.CC(N)Cc1csc2ccccc12.CC(N)Cn1ccc(=O)c(O)c1.CCC(N)(Cc1ccccc1)C(=O)O.COc1cc(CC(C)N)ccc1O.C[C@@H](N)C(O)c1ccc(O)c(O)c1.S.S. The topological polar surface area (TPSA) is 603 Å². The number of rotatable bonds is 28. The predicted molar refractivity (Wildman–Crippen MR) is 596 cm³/mol. The van der Waals surface area contributed by atoms with Crippen molar-refractivity contribution in [3.63, 3.8) is 0 Å². The van der Waals surface area contributed by atoms with Crippen molar-refractivity contribution in [2.45, 2.75) is 238 Å². The van der Waals surface area contributed by atoms with Gasteiger partial charge in [-0.3, -0.25) is 29.8 Å². The van der Waals surface area contributed by atoms with E-state index in [1.807, 2.05) is 133 Å². The van der Waals surface area contributed by atoms with Crippen molar-refractivity contribution in [2.24, 2.45) is 63.1 Å². The summed E-state index contributed by atoms with van der Waals surface area (Å²) in [6.07, 6.45) is 10.2. The number of methoxy groups -OCH3 is 1. The molecular weight excluding hydrogens is 2060 g/mol. The van der Waals surface area contributed by atoms with Crippen LogP contribution in [0.4, 0.5) is 33.3 Å². The summed E-state index contributed by atoms with van der Waals surface area (Å²) in [6, 6.07) is 60.1. The van der Waals surface area contributed by atoms with E-state index in [0.29, 0.717) is 42.7 Å². The Kier molecular flexibility index (Phi) is 61.4. The predicted octanol–water partition coefficient (Wildman–Crippen LogP) is 17.4. The van der Waals surface area contributed by atoms with Gasteiger partial charge in [-0.2, -0.15) is 27.0 Å². The normalized spacial score (nSPS) is 13.5. The van der Waals surface area contributed by atoms with E-state index in [-0.39, 0.29) is 121 Å². The number of ether oxygens (including phenoxy) is 1. The third kappa shape index (κ3) is 49.7. The van der Waals surface area contributed by atoms with Gasteiger partial charge in [0.15, 0.2) is 57.8 Å². The second kappa shape index (κ2) is 67.5. The molecule has 0 saturated carbocycles. The number of phenols is 4. The molecule has 0 spiro atoms. The summed E-state index contributed by atoms with van der Waals surface area (Å²) in [7, 11) is 1.53. The lowest BCUT2D eigenvalue weighted by atomic mass is 9.89. The highest BCUT2D eigenvalue weighted by Crippen LogP contribution is 2.35. The number of aliphatic hydroxyl groups excluding tert-OH is 3. The number of aliphatic carboxylic acids is 1. The third-order valence-corrected chi connectivity index (χ3v) is 22.8. The maximum atomic E-state index is 13.0. The zero-order valence-corrected chi connectivity index (χ0v) is 90.6. The fraction of sp³-hybridized carbons (Fsp3) is 0.352. The molecule has 10 aromatic carbocycles. The second-order valence-corrected chi connectivity index (χ2v) is 38.8. The first-order valence-corrected chi connectivity index (χ1v) is 48.7. The number of carboxylic acids is 1. The van der Waals surface area contributed by atoms with Crippen LogP contribution >= 0.6 is 65.9 Å². The Morgan fingerprint density at radius 2 is 0.986 bits per heavy atom. The number of pyridine rings is 1. The quantitative estimate of drug-likeness (QED) is 0.00541. The summed E-state index contributed by atoms with van der Waals surface area (Å²) in [6.45, 7) is 23.0. The van der Waals surface area contributed by atoms with Gasteiger partial charge < -0.3 is 118 Å². The minimum absolute atomic E-state index is 0. The fourth-order valence-corrected chi connectivity index (χ4v) is 15.2. The Hall–Kier alpha value is -11.5. The number of phenolic OH excluding ortho intramolecular Hbond substituents is 4. The molecule has 0 bridgehead atoms. The Labute approximate surface area is 893 Å². The standard InChI is InChI=1S/C12H14BrN.C11H15NO2.C11H13NS.C10H14ClN.C10H15NO2.C10H15NO.C9H8F5N.2C9H12N2O3.C9H13NO3.C8H12N2O2.2H2S/c1-8(14)6-10-3-2-9-4-5-11(13)7-12(9)10;1-2-11(12,10(13)14)8-9-6-4-3-5-7-9;1-8(12)6-9-7-13-11-5-3-2-4-10(9)11;1-10(2,12)7-8-3-5-9(11)6-4-8;1-7(11)5-8-3-4-9(12)10(6-8)13-2;1-8(11)6-9-2-4-10(7-12)5-3-9;1-3(15)2-4-5(10)7(12)9(14)8(13)6(4)11;1-6(10)9(12)7-2-4-8(5-3-7)11(13)14;1-6(10)4-7-2-3-9(12)8(5-7)11(13)14;1-5(10)9(13)6-2-3-7(11)8(12)4-6;1-6(9)4-10-3-2-7(11)8(12)5-10;;/h3-5,7-8H,2,6,14H2,1H3;3-7H,2,8,12H2,1H3,(H,13,14);2-5,7-8H,6,12H2,1H3;3-6H,7,12H2,1-2H3;3-4,6-7,12H,5,11H2,1-2H3;2-5,8,12H,6-7,11H2,1H3;3H,2,15H2,1H3;2-6,9,12H,10H2,1H3;2-3,5-6,12H,4,10H2,1H3;2-5,9,11-13H,10H2,1H3;2-3,5-6,12H,4,9H2,1H3;2*1H2/t;;;;;;;;;5-,9?;;;/m.........1.../s1. The number of nitrogens with two attached hydrogens (primary N) is 11. The van der Waals surface area contributed by atoms with Gasteiger partial charge in [-0.25, -0.2) is 22.0 Å². The van der Waals surface area contributed by atoms with Gasteiger partial charge in [0.1, 0.15) is 5.54 Å². The molecule has 0 aliphatic heterocycles. The summed E-state index contributed by atoms with van der Waals surface area (Å²) in [5, 5.41) is 108. The number of allylic oxidation sites excluding steroid dienone is 1. The highest BCUT2D eigenvalue weighted by Gasteiger charge is 2.32. The number of non-ortho nitro benzene ring substituents is 1. The molecule has 0 radical (unpaired) electrons. The molecule has 12 atom stereocenters. The molecule has 11 unspecified atom stereocenters. The van der Waals surface area contributed by atoms with Gasteiger partial charge in [0.25, 0.3) is 5.69 Å². The molecule has 1 aliphatic carbocycles. The molecule has 31 N–H and O–H groups in total. The van der Waals surface area contributed by atoms with E-state index < -0.39 is 92.8 Å². The molecule has 30 nitrogen and oxygen atoms in total. The average Bonchev–Trinajstić information content (AvgIpc) is 0.938. The second-order valence-electron chi connectivity index (χ2n) is 36.5. The number of carbonyl (C=O) groups is 1. The number of aromatic nitrogens is 1. The van der Waals surface area contributed by atoms with Crippen molar-refractivity contribution in [2.75, 3.05) is 7.11 Å². The highest BCUT2D eigenvalue weighted by atomic mass is 79.9. The Morgan fingerprint density at radius 1 is 0.520 bits per heavy atom. The van der Waals surface area contributed by atoms with Crippen molar-refractivity contribution >= 4 is 98.9 Å². The zero-order valence-electron chi connectivity index (χ0n) is 85.4. The van der Waals surface area contributed by atoms with E-state index in [1.165, 1.54) is 124 Å². The Balaban J connectivity index is 0.000000813. The van der Waals surface area contributed by atoms with Crippen molar-refractivity contribution in [3.8, 4) is 34.5 Å². The first kappa shape index (κ1) is 134. The summed E-state index contributed by atoms with van der Waals surface area (Å²) in [5.41, 5.74) is 71.8. The molecular formula is C108H147BrClF5N14O16S3. The molecule has 40 heteroatoms. The highest BCUT2D eigenvalue weighted by molar-refractivity contribution is 9.10. The van der Waals surface area contributed by atoms with Gasteiger partial charge in [-0.1, -0.05) is 150 Å². The molecule has 0 fully saturated rings. The van der Waals surface area contributed by atoms with Crippen LogP contribution in [0, 0.1) is 49.3 Å². The van der Waals surface area contributed by atoms with Gasteiger partial charge in [0.2, 0.25) is 11.2 Å². The van der Waals surface area contributed by atoms with Gasteiger partial charge >= 0.3 is 11.7 Å². The van der Waals surface area contributed by atoms with E-state index >= 15 is 0 Å². The van der Waals surface area contributed by atoms with Crippen LogP contribution in [-0.2, 0) is 69.3 Å². The van der Waals surface area contributed by atoms with Crippen LogP contribution in [0.15, 0.2) is 239 Å². The van der Waals surface area contributed by atoms with E-state index in [4.69, 9.17) is 110 Å². The first-order valence-electron chi connectivity index (χ1n) is 46.7. The maximum absolute atomic E-state index is 13.0. The van der Waals surface area contributed by atoms with Crippen LogP contribution in [0.25, 0.3) is 15.7 Å². The monoisotopic (exact) mass is 2200 g/mol. The van der Waals surface area contributed by atoms with E-state index in [2.05, 4.69) is 76.8 Å². The van der Waals surface area contributed by atoms with Gasteiger partial charge in [-0.15, -0.1) is 11.3 Å². The maximum Gasteiger partial charge on any atom is 0.324 e. The number of thiophene rings is 1. The summed E-state index contributed by atoms with van der Waals surface area (Å²) >= 11 is 11.1. The van der Waals surface area contributed by atoms with Crippen LogP contribution in [0.2, 0.25) is 5.02 Å². The Bertz CT molecular complexity index is 6070. The average molecular weight is 2200 g/mol. The number of nitrogens with zero attached hydrogens (tertiary/aromatic N) is 3. The summed E-state index contributed by atoms with van der Waals surface area (Å²) < 4.78 is 73.0. The lowest BCUT2D eigenvalue weighted by Crippen LogP contribution is -2.49. The minimum Gasteiger partial charge on any atom is -0.504 e. The number of carboxylic acid groups (broad SMARTS) is 1. The number of nitro groups is 2. The molecule has 1 aliphatic rings. The largest absolute Gasteiger partial charge is 0.504 e.